The number of pyridine rings is 1. The minimum absolute atomic E-state index is 0.0735. The van der Waals surface area contributed by atoms with Crippen LogP contribution in [0.5, 0.6) is 0 Å². The highest BCUT2D eigenvalue weighted by Crippen LogP contribution is 2.35. The summed E-state index contributed by atoms with van der Waals surface area (Å²) in [6.45, 7) is 5.80. The van der Waals surface area contributed by atoms with Gasteiger partial charge in [0.2, 0.25) is 5.89 Å². The highest BCUT2D eigenvalue weighted by atomic mass is 19.3. The van der Waals surface area contributed by atoms with Crippen molar-refractivity contribution in [2.75, 3.05) is 16.8 Å². The Morgan fingerprint density at radius 1 is 1.19 bits per heavy atom. The summed E-state index contributed by atoms with van der Waals surface area (Å²) in [6, 6.07) is 2.97. The number of aliphatic carboxylic acids is 1. The summed E-state index contributed by atoms with van der Waals surface area (Å²) in [5.74, 6) is -1.33. The molecule has 3 aromatic heterocycles. The van der Waals surface area contributed by atoms with Crippen molar-refractivity contribution in [2.45, 2.75) is 77.4 Å². The molecule has 0 bridgehead atoms. The van der Waals surface area contributed by atoms with Gasteiger partial charge in [0.15, 0.2) is 11.4 Å². The Labute approximate surface area is 246 Å². The van der Waals surface area contributed by atoms with E-state index in [1.807, 2.05) is 0 Å². The third kappa shape index (κ3) is 7.35. The number of carbonyl (C=O) groups is 3. The van der Waals surface area contributed by atoms with Gasteiger partial charge in [-0.3, -0.25) is 19.2 Å². The van der Waals surface area contributed by atoms with Gasteiger partial charge >= 0.3 is 12.1 Å². The fourth-order valence-electron chi connectivity index (χ4n) is 4.97. The molecule has 0 aliphatic heterocycles. The third-order valence-electron chi connectivity index (χ3n) is 7.39. The maximum atomic E-state index is 13.8. The van der Waals surface area contributed by atoms with Crippen molar-refractivity contribution in [3.05, 3.63) is 42.2 Å². The maximum Gasteiger partial charge on any atom is 0.416 e. The fraction of sp³-hybridized carbons (Fsp3) is 0.517. The van der Waals surface area contributed by atoms with Crippen LogP contribution < -0.4 is 10.2 Å². The number of nitrogens with zero attached hydrogens (tertiary/aromatic N) is 5. The van der Waals surface area contributed by atoms with Gasteiger partial charge in [0.1, 0.15) is 17.7 Å². The van der Waals surface area contributed by atoms with Gasteiger partial charge in [-0.05, 0) is 77.3 Å². The molecule has 2 fully saturated rings. The van der Waals surface area contributed by atoms with Gasteiger partial charge in [0.05, 0.1) is 17.6 Å². The zero-order valence-corrected chi connectivity index (χ0v) is 24.1. The Bertz CT molecular complexity index is 1490. The molecule has 0 radical (unpaired) electrons. The number of rotatable bonds is 9. The number of alkyl halides is 2. The summed E-state index contributed by atoms with van der Waals surface area (Å²) in [7, 11) is 0. The molecule has 2 saturated carbocycles. The average molecular weight is 601 g/mol. The molecule has 43 heavy (non-hydrogen) atoms. The quantitative estimate of drug-likeness (QED) is 0.297. The van der Waals surface area contributed by atoms with Crippen LogP contribution in [0.15, 0.2) is 35.2 Å². The molecule has 2 N–H and O–H groups in total. The van der Waals surface area contributed by atoms with E-state index in [4.69, 9.17) is 9.15 Å². The molecule has 14 heteroatoms. The number of oxazole rings is 1. The van der Waals surface area contributed by atoms with Crippen molar-refractivity contribution in [1.82, 2.24) is 19.7 Å². The smallest absolute Gasteiger partial charge is 0.416 e. The largest absolute Gasteiger partial charge is 0.481 e. The highest BCUT2D eigenvalue weighted by Gasteiger charge is 2.32. The standard InChI is InChI=1S/C29H34F2N6O6/c1-29(2,3)43-28(41)36(13-16-4-5-16)22-12-18(10-11-32-22)26-34-21(15-42-26)25(38)33-20-14-37(35-23(20)24(30)31)19-8-6-17(7-9-19)27(39)40/h10-12,14-17,19,24H,4-9,13H2,1-3H3,(H,33,38)(H,39,40)/t17-,19-. The first-order valence-corrected chi connectivity index (χ1v) is 14.2. The van der Waals surface area contributed by atoms with Gasteiger partial charge in [-0.1, -0.05) is 0 Å². The van der Waals surface area contributed by atoms with E-state index in [0.717, 1.165) is 19.1 Å². The Morgan fingerprint density at radius 2 is 1.91 bits per heavy atom. The molecule has 3 aromatic rings. The lowest BCUT2D eigenvalue weighted by Crippen LogP contribution is -2.38. The molecular formula is C29H34F2N6O6. The first-order chi connectivity index (χ1) is 20.4. The molecule has 5 rings (SSSR count). The van der Waals surface area contributed by atoms with E-state index in [1.54, 1.807) is 32.9 Å². The van der Waals surface area contributed by atoms with Crippen molar-refractivity contribution < 1.29 is 37.4 Å². The molecule has 2 aliphatic carbocycles. The number of halogens is 2. The fourth-order valence-corrected chi connectivity index (χ4v) is 4.97. The number of aromatic nitrogens is 4. The number of hydrogen-bond donors (Lipinski definition) is 2. The van der Waals surface area contributed by atoms with Crippen molar-refractivity contribution in [3.8, 4) is 11.5 Å². The molecule has 3 heterocycles. The van der Waals surface area contributed by atoms with E-state index in [9.17, 15) is 28.3 Å². The molecule has 230 valence electrons. The van der Waals surface area contributed by atoms with Gasteiger partial charge in [0, 0.05) is 24.5 Å². The molecule has 2 aliphatic rings. The van der Waals surface area contributed by atoms with Gasteiger partial charge in [0.25, 0.3) is 12.3 Å². The molecule has 0 aromatic carbocycles. The van der Waals surface area contributed by atoms with Crippen molar-refractivity contribution in [1.29, 1.82) is 0 Å². The molecule has 0 atom stereocenters. The second-order valence-corrected chi connectivity index (χ2v) is 12.0. The number of hydrogen-bond acceptors (Lipinski definition) is 8. The van der Waals surface area contributed by atoms with Crippen molar-refractivity contribution in [3.63, 3.8) is 0 Å². The number of ether oxygens (including phenoxy) is 1. The van der Waals surface area contributed by atoms with Crippen LogP contribution in [0.2, 0.25) is 0 Å². The number of carboxylic acid groups (broad SMARTS) is 1. The number of anilines is 2. The Balaban J connectivity index is 1.31. The Morgan fingerprint density at radius 3 is 2.53 bits per heavy atom. The van der Waals surface area contributed by atoms with Crippen LogP contribution in [0.25, 0.3) is 11.5 Å². The van der Waals surface area contributed by atoms with Crippen LogP contribution >= 0.6 is 0 Å². The molecule has 12 nitrogen and oxygen atoms in total. The van der Waals surface area contributed by atoms with E-state index < -0.39 is 41.6 Å². The first kappa shape index (κ1) is 30.1. The normalized spacial score (nSPS) is 18.8. The summed E-state index contributed by atoms with van der Waals surface area (Å²) < 4.78 is 40.1. The van der Waals surface area contributed by atoms with Crippen molar-refractivity contribution in [2.24, 2.45) is 11.8 Å². The number of amides is 2. The molecular weight excluding hydrogens is 566 g/mol. The van der Waals surface area contributed by atoms with Crippen LogP contribution in [0.1, 0.15) is 87.9 Å². The average Bonchev–Trinajstić information content (AvgIpc) is 3.45. The lowest BCUT2D eigenvalue weighted by atomic mass is 9.86. The minimum Gasteiger partial charge on any atom is -0.481 e. The maximum absolute atomic E-state index is 13.8. The van der Waals surface area contributed by atoms with Crippen LogP contribution in [-0.2, 0) is 9.53 Å². The first-order valence-electron chi connectivity index (χ1n) is 14.2. The predicted molar refractivity (Wildman–Crippen MR) is 150 cm³/mol. The summed E-state index contributed by atoms with van der Waals surface area (Å²) in [4.78, 5) is 47.2. The summed E-state index contributed by atoms with van der Waals surface area (Å²) in [6.07, 6.45) is 4.27. The Hall–Kier alpha value is -4.36. The zero-order valence-electron chi connectivity index (χ0n) is 24.1. The highest BCUT2D eigenvalue weighted by molar-refractivity contribution is 6.03. The second-order valence-electron chi connectivity index (χ2n) is 12.0. The third-order valence-corrected chi connectivity index (χ3v) is 7.39. The van der Waals surface area contributed by atoms with E-state index >= 15 is 0 Å². The monoisotopic (exact) mass is 600 g/mol. The molecule has 0 unspecified atom stereocenters. The lowest BCUT2D eigenvalue weighted by molar-refractivity contribution is -0.143. The van der Waals surface area contributed by atoms with E-state index in [0.29, 0.717) is 49.5 Å². The topological polar surface area (TPSA) is 153 Å². The molecule has 2 amide bonds. The van der Waals surface area contributed by atoms with Crippen LogP contribution in [0, 0.1) is 11.8 Å². The zero-order chi connectivity index (χ0) is 30.9. The summed E-state index contributed by atoms with van der Waals surface area (Å²) in [5, 5.41) is 15.7. The number of nitrogens with one attached hydrogen (secondary N) is 1. The van der Waals surface area contributed by atoms with E-state index in [-0.39, 0.29) is 23.3 Å². The van der Waals surface area contributed by atoms with Crippen LogP contribution in [0.3, 0.4) is 0 Å². The van der Waals surface area contributed by atoms with Crippen LogP contribution in [0.4, 0.5) is 25.1 Å². The Kier molecular flexibility index (Phi) is 8.47. The number of carboxylic acids is 1. The van der Waals surface area contributed by atoms with Gasteiger partial charge < -0.3 is 19.6 Å². The summed E-state index contributed by atoms with van der Waals surface area (Å²) >= 11 is 0. The van der Waals surface area contributed by atoms with Gasteiger partial charge in [-0.15, -0.1) is 0 Å². The minimum atomic E-state index is -2.95. The SMILES string of the molecule is CC(C)(C)OC(=O)N(CC1CC1)c1cc(-c2nc(C(=O)Nc3cn([C@H]4CC[C@H](C(=O)O)CC4)nc3C(F)F)co2)ccn1. The predicted octanol–water partition coefficient (Wildman–Crippen LogP) is 6.09. The molecule has 0 spiro atoms. The lowest BCUT2D eigenvalue weighted by Gasteiger charge is -2.27. The second kappa shape index (κ2) is 12.1. The van der Waals surface area contributed by atoms with Gasteiger partial charge in [-0.2, -0.15) is 5.10 Å². The summed E-state index contributed by atoms with van der Waals surface area (Å²) in [5.41, 5.74) is -1.14. The van der Waals surface area contributed by atoms with E-state index in [2.05, 4.69) is 20.4 Å². The van der Waals surface area contributed by atoms with Crippen molar-refractivity contribution >= 4 is 29.5 Å². The van der Waals surface area contributed by atoms with E-state index in [1.165, 1.54) is 22.0 Å². The number of carbonyl (C=O) groups excluding carboxylic acids is 2. The molecule has 0 saturated heterocycles. The van der Waals surface area contributed by atoms with Gasteiger partial charge in [-0.25, -0.2) is 23.5 Å². The van der Waals surface area contributed by atoms with Crippen LogP contribution in [-0.4, -0.2) is 55.0 Å².